The van der Waals surface area contributed by atoms with Crippen molar-refractivity contribution in [3.63, 3.8) is 0 Å². The first-order chi connectivity index (χ1) is 9.29. The number of ether oxygens (including phenoxy) is 1. The van der Waals surface area contributed by atoms with Gasteiger partial charge in [0.1, 0.15) is 5.75 Å². The molecule has 0 radical (unpaired) electrons. The highest BCUT2D eigenvalue weighted by Crippen LogP contribution is 2.16. The maximum Gasteiger partial charge on any atom is 0.166 e. The molecule has 0 saturated carbocycles. The van der Waals surface area contributed by atoms with Crippen molar-refractivity contribution in [2.75, 3.05) is 7.11 Å². The number of thiocarbonyl (C=S) groups is 1. The summed E-state index contributed by atoms with van der Waals surface area (Å²) in [5.74, 6) is 0.871. The highest BCUT2D eigenvalue weighted by atomic mass is 32.1. The largest absolute Gasteiger partial charge is 0.496 e. The summed E-state index contributed by atoms with van der Waals surface area (Å²) in [7, 11) is 1.67. The minimum absolute atomic E-state index is 0.652. The average molecular weight is 292 g/mol. The zero-order valence-corrected chi connectivity index (χ0v) is 12.3. The molecule has 0 aliphatic carbocycles. The lowest BCUT2D eigenvalue weighted by molar-refractivity contribution is 0.409. The summed E-state index contributed by atoms with van der Waals surface area (Å²) in [6.07, 6.45) is 0. The van der Waals surface area contributed by atoms with E-state index in [-0.39, 0.29) is 0 Å². The van der Waals surface area contributed by atoms with Crippen LogP contribution in [-0.4, -0.2) is 12.2 Å². The summed E-state index contributed by atoms with van der Waals surface area (Å²) < 4.78 is 5.29. The summed E-state index contributed by atoms with van der Waals surface area (Å²) in [5.41, 5.74) is 1.09. The van der Waals surface area contributed by atoms with Crippen LogP contribution in [0.1, 0.15) is 10.4 Å². The van der Waals surface area contributed by atoms with Gasteiger partial charge in [0, 0.05) is 17.0 Å². The van der Waals surface area contributed by atoms with Gasteiger partial charge in [0.15, 0.2) is 5.11 Å². The van der Waals surface area contributed by atoms with Gasteiger partial charge < -0.3 is 15.4 Å². The monoisotopic (exact) mass is 292 g/mol. The third-order valence-electron chi connectivity index (χ3n) is 2.64. The zero-order chi connectivity index (χ0) is 13.5. The van der Waals surface area contributed by atoms with Crippen LogP contribution >= 0.6 is 23.6 Å². The Morgan fingerprint density at radius 2 is 1.95 bits per heavy atom. The highest BCUT2D eigenvalue weighted by molar-refractivity contribution is 7.80. The summed E-state index contributed by atoms with van der Waals surface area (Å²) >= 11 is 6.96. The fourth-order valence-electron chi connectivity index (χ4n) is 1.67. The summed E-state index contributed by atoms with van der Waals surface area (Å²) in [5, 5.41) is 9.07. The Labute approximate surface area is 122 Å². The molecule has 1 heterocycles. The lowest BCUT2D eigenvalue weighted by Crippen LogP contribution is -2.34. The third kappa shape index (κ3) is 4.22. The molecule has 0 spiro atoms. The molecular formula is C14H16N2OS2. The first-order valence-corrected chi connectivity index (χ1v) is 7.24. The zero-order valence-electron chi connectivity index (χ0n) is 10.7. The van der Waals surface area contributed by atoms with Crippen LogP contribution in [-0.2, 0) is 13.1 Å². The number of benzene rings is 1. The van der Waals surface area contributed by atoms with E-state index in [9.17, 15) is 0 Å². The van der Waals surface area contributed by atoms with Gasteiger partial charge in [-0.3, -0.25) is 0 Å². The summed E-state index contributed by atoms with van der Waals surface area (Å²) in [4.78, 5) is 1.27. The summed E-state index contributed by atoms with van der Waals surface area (Å²) in [6, 6.07) is 12.0. The highest BCUT2D eigenvalue weighted by Gasteiger charge is 2.02. The van der Waals surface area contributed by atoms with E-state index >= 15 is 0 Å². The van der Waals surface area contributed by atoms with Crippen LogP contribution < -0.4 is 15.4 Å². The number of thiophene rings is 1. The molecule has 0 aliphatic rings. The molecule has 5 heteroatoms. The smallest absolute Gasteiger partial charge is 0.166 e. The van der Waals surface area contributed by atoms with Crippen LogP contribution in [0.15, 0.2) is 41.8 Å². The molecule has 0 fully saturated rings. The Kier molecular flexibility index (Phi) is 5.18. The van der Waals surface area contributed by atoms with E-state index in [1.807, 2.05) is 30.3 Å². The Hall–Kier alpha value is -1.59. The molecule has 1 aromatic carbocycles. The molecule has 19 heavy (non-hydrogen) atoms. The Balaban J connectivity index is 1.80. The number of nitrogens with one attached hydrogen (secondary N) is 2. The van der Waals surface area contributed by atoms with Gasteiger partial charge in [0.25, 0.3) is 0 Å². The molecule has 0 saturated heterocycles. The number of para-hydroxylation sites is 1. The van der Waals surface area contributed by atoms with Crippen LogP contribution in [0.4, 0.5) is 0 Å². The van der Waals surface area contributed by atoms with E-state index < -0.39 is 0 Å². The minimum atomic E-state index is 0.652. The molecule has 1 aromatic heterocycles. The van der Waals surface area contributed by atoms with Gasteiger partial charge in [-0.1, -0.05) is 24.3 Å². The van der Waals surface area contributed by atoms with Crippen molar-refractivity contribution in [3.8, 4) is 5.75 Å². The van der Waals surface area contributed by atoms with Crippen molar-refractivity contribution in [3.05, 3.63) is 52.2 Å². The maximum absolute atomic E-state index is 5.29. The molecule has 100 valence electrons. The first kappa shape index (κ1) is 13.8. The fourth-order valence-corrected chi connectivity index (χ4v) is 2.46. The van der Waals surface area contributed by atoms with Crippen molar-refractivity contribution >= 4 is 28.7 Å². The van der Waals surface area contributed by atoms with Crippen molar-refractivity contribution in [2.24, 2.45) is 0 Å². The molecule has 0 bridgehead atoms. The van der Waals surface area contributed by atoms with E-state index in [0.29, 0.717) is 11.7 Å². The van der Waals surface area contributed by atoms with Gasteiger partial charge in [-0.25, -0.2) is 0 Å². The van der Waals surface area contributed by atoms with E-state index in [2.05, 4.69) is 22.1 Å². The van der Waals surface area contributed by atoms with E-state index in [0.717, 1.165) is 17.9 Å². The SMILES string of the molecule is COc1ccccc1CNC(=S)NCc1cccs1. The van der Waals surface area contributed by atoms with Gasteiger partial charge in [-0.2, -0.15) is 0 Å². The molecular weight excluding hydrogens is 276 g/mol. The molecule has 2 N–H and O–H groups in total. The topological polar surface area (TPSA) is 33.3 Å². The number of rotatable bonds is 5. The number of methoxy groups -OCH3 is 1. The van der Waals surface area contributed by atoms with Gasteiger partial charge in [-0.15, -0.1) is 11.3 Å². The van der Waals surface area contributed by atoms with Crippen LogP contribution in [0.3, 0.4) is 0 Å². The second-order valence-corrected chi connectivity index (χ2v) is 5.37. The first-order valence-electron chi connectivity index (χ1n) is 5.95. The normalized spacial score (nSPS) is 9.95. The second-order valence-electron chi connectivity index (χ2n) is 3.93. The third-order valence-corrected chi connectivity index (χ3v) is 3.80. The van der Waals surface area contributed by atoms with Crippen LogP contribution in [0, 0.1) is 0 Å². The van der Waals surface area contributed by atoms with Gasteiger partial charge in [-0.05, 0) is 29.7 Å². The standard InChI is InChI=1S/C14H16N2OS2/c1-17-13-7-3-2-5-11(13)9-15-14(18)16-10-12-6-4-8-19-12/h2-8H,9-10H2,1H3,(H2,15,16,18). The molecule has 0 amide bonds. The van der Waals surface area contributed by atoms with Crippen molar-refractivity contribution in [1.82, 2.24) is 10.6 Å². The molecule has 0 atom stereocenters. The lowest BCUT2D eigenvalue weighted by atomic mass is 10.2. The summed E-state index contributed by atoms with van der Waals surface area (Å²) in [6.45, 7) is 1.41. The van der Waals surface area contributed by atoms with Crippen molar-refractivity contribution in [2.45, 2.75) is 13.1 Å². The van der Waals surface area contributed by atoms with E-state index in [1.54, 1.807) is 18.4 Å². The predicted molar refractivity (Wildman–Crippen MR) is 83.6 cm³/mol. The molecule has 2 rings (SSSR count). The quantitative estimate of drug-likeness (QED) is 0.830. The van der Waals surface area contributed by atoms with E-state index in [1.165, 1.54) is 4.88 Å². The maximum atomic E-state index is 5.29. The average Bonchev–Trinajstić information content (AvgIpc) is 2.96. The Bertz CT molecular complexity index is 526. The van der Waals surface area contributed by atoms with Crippen LogP contribution in [0.5, 0.6) is 5.75 Å². The molecule has 3 nitrogen and oxygen atoms in total. The van der Waals surface area contributed by atoms with Crippen LogP contribution in [0.25, 0.3) is 0 Å². The van der Waals surface area contributed by atoms with Gasteiger partial charge in [0.2, 0.25) is 0 Å². The number of hydrogen-bond donors (Lipinski definition) is 2. The van der Waals surface area contributed by atoms with Gasteiger partial charge in [0.05, 0.1) is 13.7 Å². The fraction of sp³-hybridized carbons (Fsp3) is 0.214. The van der Waals surface area contributed by atoms with Crippen molar-refractivity contribution in [1.29, 1.82) is 0 Å². The van der Waals surface area contributed by atoms with Crippen molar-refractivity contribution < 1.29 is 4.74 Å². The number of hydrogen-bond acceptors (Lipinski definition) is 3. The van der Waals surface area contributed by atoms with Gasteiger partial charge >= 0.3 is 0 Å². The Morgan fingerprint density at radius 3 is 2.68 bits per heavy atom. The predicted octanol–water partition coefficient (Wildman–Crippen LogP) is 2.92. The second kappa shape index (κ2) is 7.11. The lowest BCUT2D eigenvalue weighted by Gasteiger charge is -2.12. The Morgan fingerprint density at radius 1 is 1.16 bits per heavy atom. The van der Waals surface area contributed by atoms with E-state index in [4.69, 9.17) is 17.0 Å². The van der Waals surface area contributed by atoms with Crippen LogP contribution in [0.2, 0.25) is 0 Å². The minimum Gasteiger partial charge on any atom is -0.496 e. The molecule has 0 unspecified atom stereocenters. The molecule has 2 aromatic rings. The molecule has 0 aliphatic heterocycles.